The van der Waals surface area contributed by atoms with E-state index in [2.05, 4.69) is 32.7 Å². The summed E-state index contributed by atoms with van der Waals surface area (Å²) in [7, 11) is 2.10. The van der Waals surface area contributed by atoms with E-state index in [1.807, 2.05) is 11.6 Å². The number of alkyl halides is 3. The van der Waals surface area contributed by atoms with Crippen molar-refractivity contribution in [3.05, 3.63) is 23.7 Å². The monoisotopic (exact) mass is 385 g/mol. The molecule has 0 amide bonds. The summed E-state index contributed by atoms with van der Waals surface area (Å²) in [6, 6.07) is 0.318. The van der Waals surface area contributed by atoms with Gasteiger partial charge < -0.3 is 21.3 Å². The Hall–Kier alpha value is -2.07. The fourth-order valence-corrected chi connectivity index (χ4v) is 3.50. The zero-order chi connectivity index (χ0) is 19.8. The maximum absolute atomic E-state index is 13.2. The predicted octanol–water partition coefficient (Wildman–Crippen LogP) is 2.34. The Kier molecular flexibility index (Phi) is 5.22. The molecule has 0 saturated carbocycles. The van der Waals surface area contributed by atoms with Gasteiger partial charge in [0.2, 0.25) is 5.96 Å². The molecule has 2 aliphatic rings. The van der Waals surface area contributed by atoms with E-state index >= 15 is 0 Å². The van der Waals surface area contributed by atoms with Crippen LogP contribution in [0.2, 0.25) is 0 Å². The summed E-state index contributed by atoms with van der Waals surface area (Å²) in [4.78, 5) is 6.37. The molecule has 0 aromatic carbocycles. The highest BCUT2D eigenvalue weighted by atomic mass is 19.4. The number of nitrogens with two attached hydrogens (primary N) is 1. The number of hydrogen-bond donors (Lipinski definition) is 3. The summed E-state index contributed by atoms with van der Waals surface area (Å²) in [6.07, 6.45) is 0.0650. The Bertz CT molecular complexity index is 744. The number of nitrogens with zero attached hydrogens (tertiary/aromatic N) is 4. The Balaban J connectivity index is 1.77. The predicted molar refractivity (Wildman–Crippen MR) is 98.3 cm³/mol. The van der Waals surface area contributed by atoms with E-state index in [4.69, 9.17) is 5.73 Å². The number of anilines is 1. The third-order valence-corrected chi connectivity index (χ3v) is 5.31. The Morgan fingerprint density at radius 1 is 1.37 bits per heavy atom. The van der Waals surface area contributed by atoms with E-state index < -0.39 is 17.4 Å². The molecule has 1 aromatic heterocycles. The van der Waals surface area contributed by atoms with Gasteiger partial charge >= 0.3 is 6.18 Å². The molecule has 0 aliphatic carbocycles. The topological polar surface area (TPSA) is 83.5 Å². The summed E-state index contributed by atoms with van der Waals surface area (Å²) < 4.78 is 41.5. The Morgan fingerprint density at radius 2 is 2.04 bits per heavy atom. The van der Waals surface area contributed by atoms with Crippen LogP contribution in [0, 0.1) is 6.92 Å². The number of guanidine groups is 1. The number of aromatic nitrogens is 2. The second-order valence-corrected chi connectivity index (χ2v) is 7.19. The summed E-state index contributed by atoms with van der Waals surface area (Å²) in [5.74, 6) is 0.179. The van der Waals surface area contributed by atoms with Gasteiger partial charge in [-0.3, -0.25) is 4.68 Å². The Morgan fingerprint density at radius 3 is 2.63 bits per heavy atom. The summed E-state index contributed by atoms with van der Waals surface area (Å²) in [5, 5.41) is 10.1. The lowest BCUT2D eigenvalue weighted by Crippen LogP contribution is -2.51. The second-order valence-electron chi connectivity index (χ2n) is 7.19. The fraction of sp³-hybridized carbons (Fsp3) is 0.647. The van der Waals surface area contributed by atoms with Gasteiger partial charge in [0, 0.05) is 6.20 Å². The molecule has 7 nitrogen and oxygen atoms in total. The minimum Gasteiger partial charge on any atom is -0.332 e. The molecule has 2 aliphatic heterocycles. The van der Waals surface area contributed by atoms with Gasteiger partial charge in [0.1, 0.15) is 5.66 Å². The van der Waals surface area contributed by atoms with Crippen LogP contribution in [0.1, 0.15) is 37.9 Å². The average Bonchev–Trinajstić information content (AvgIpc) is 2.95. The van der Waals surface area contributed by atoms with Crippen molar-refractivity contribution in [2.45, 2.75) is 51.0 Å². The fourth-order valence-electron chi connectivity index (χ4n) is 3.50. The van der Waals surface area contributed by atoms with Crippen molar-refractivity contribution in [3.63, 3.8) is 0 Å². The normalized spacial score (nSPS) is 25.0. The molecule has 1 unspecified atom stereocenters. The lowest BCUT2D eigenvalue weighted by molar-refractivity contribution is -0.101. The Labute approximate surface area is 156 Å². The molecule has 150 valence electrons. The van der Waals surface area contributed by atoms with Crippen molar-refractivity contribution in [3.8, 4) is 0 Å². The summed E-state index contributed by atoms with van der Waals surface area (Å²) >= 11 is 0. The van der Waals surface area contributed by atoms with Gasteiger partial charge in [-0.2, -0.15) is 18.3 Å². The summed E-state index contributed by atoms with van der Waals surface area (Å²) in [5.41, 5.74) is 4.83. The molecule has 4 N–H and O–H groups in total. The molecule has 1 fully saturated rings. The van der Waals surface area contributed by atoms with Crippen molar-refractivity contribution < 1.29 is 13.2 Å². The van der Waals surface area contributed by atoms with Crippen LogP contribution >= 0.6 is 0 Å². The van der Waals surface area contributed by atoms with Gasteiger partial charge in [-0.15, -0.1) is 0 Å². The number of nitrogens with one attached hydrogen (secondary N) is 2. The van der Waals surface area contributed by atoms with E-state index in [1.54, 1.807) is 13.1 Å². The average molecular weight is 385 g/mol. The lowest BCUT2D eigenvalue weighted by atomic mass is 9.97. The number of aliphatic imine (C=N–C) groups is 1. The number of halogens is 3. The highest BCUT2D eigenvalue weighted by Gasteiger charge is 2.47. The van der Waals surface area contributed by atoms with Gasteiger partial charge in [0.25, 0.3) is 0 Å². The van der Waals surface area contributed by atoms with Gasteiger partial charge in [0.15, 0.2) is 0 Å². The second kappa shape index (κ2) is 7.16. The maximum Gasteiger partial charge on any atom is 0.417 e. The van der Waals surface area contributed by atoms with Crippen LogP contribution in [0.5, 0.6) is 0 Å². The molecule has 10 heteroatoms. The first-order valence-corrected chi connectivity index (χ1v) is 9.07. The van der Waals surface area contributed by atoms with Gasteiger partial charge in [0.05, 0.1) is 29.2 Å². The largest absolute Gasteiger partial charge is 0.417 e. The molecular weight excluding hydrogens is 359 g/mol. The molecule has 1 aromatic rings. The number of rotatable bonds is 3. The van der Waals surface area contributed by atoms with Crippen LogP contribution in [-0.4, -0.2) is 52.6 Å². The van der Waals surface area contributed by atoms with Gasteiger partial charge in [-0.1, -0.05) is 6.92 Å². The number of likely N-dealkylation sites (tertiary alicyclic amines) is 1. The first-order valence-electron chi connectivity index (χ1n) is 9.07. The van der Waals surface area contributed by atoms with Crippen molar-refractivity contribution in [2.75, 3.05) is 25.5 Å². The van der Waals surface area contributed by atoms with Crippen LogP contribution < -0.4 is 16.4 Å². The minimum absolute atomic E-state index is 0.0268. The molecule has 0 spiro atoms. The maximum atomic E-state index is 13.2. The highest BCUT2D eigenvalue weighted by Crippen LogP contribution is 2.36. The lowest BCUT2D eigenvalue weighted by Gasteiger charge is -2.32. The quantitative estimate of drug-likeness (QED) is 0.744. The zero-order valence-electron chi connectivity index (χ0n) is 15.8. The van der Waals surface area contributed by atoms with Crippen LogP contribution in [-0.2, 0) is 0 Å². The molecule has 1 atom stereocenters. The van der Waals surface area contributed by atoms with E-state index in [0.29, 0.717) is 11.7 Å². The van der Waals surface area contributed by atoms with Crippen LogP contribution in [0.25, 0.3) is 0 Å². The molecule has 27 heavy (non-hydrogen) atoms. The molecule has 0 radical (unpaired) electrons. The van der Waals surface area contributed by atoms with Crippen molar-refractivity contribution in [2.24, 2.45) is 10.7 Å². The minimum atomic E-state index is -4.54. The molecule has 3 rings (SSSR count). The number of hydrogen-bond acceptors (Lipinski definition) is 6. The molecule has 1 saturated heterocycles. The zero-order valence-corrected chi connectivity index (χ0v) is 15.8. The smallest absolute Gasteiger partial charge is 0.332 e. The van der Waals surface area contributed by atoms with Crippen LogP contribution in [0.15, 0.2) is 23.0 Å². The van der Waals surface area contributed by atoms with E-state index in [-0.39, 0.29) is 12.4 Å². The SMILES string of the molecule is CCC1(N)N=C(Nc2cnn(C3CCN(C)CC3)c2C)NC=C1C(F)(F)F. The van der Waals surface area contributed by atoms with Crippen molar-refractivity contribution in [1.29, 1.82) is 0 Å². The van der Waals surface area contributed by atoms with E-state index in [9.17, 15) is 13.2 Å². The highest BCUT2D eigenvalue weighted by molar-refractivity contribution is 5.95. The molecule has 0 bridgehead atoms. The third-order valence-electron chi connectivity index (χ3n) is 5.31. The standard InChI is InChI=1S/C17H26F3N7/c1-4-16(21)14(17(18,19)20)10-22-15(25-16)24-13-9-23-27(11(13)2)12-5-7-26(3)8-6-12/h9-10,12H,4-8,21H2,1-3H3,(H2,22,24,25). The first kappa shape index (κ1) is 19.7. The number of piperidine rings is 1. The van der Waals surface area contributed by atoms with Crippen LogP contribution in [0.4, 0.5) is 18.9 Å². The third kappa shape index (κ3) is 3.96. The van der Waals surface area contributed by atoms with E-state index in [0.717, 1.165) is 37.8 Å². The summed E-state index contributed by atoms with van der Waals surface area (Å²) in [6.45, 7) is 5.54. The van der Waals surface area contributed by atoms with E-state index in [1.165, 1.54) is 0 Å². The van der Waals surface area contributed by atoms with Gasteiger partial charge in [-0.05, 0) is 46.3 Å². The first-order chi connectivity index (χ1) is 12.6. The van der Waals surface area contributed by atoms with Crippen LogP contribution in [0.3, 0.4) is 0 Å². The van der Waals surface area contributed by atoms with Crippen molar-refractivity contribution in [1.82, 2.24) is 20.0 Å². The molecular formula is C17H26F3N7. The molecule has 3 heterocycles. The van der Waals surface area contributed by atoms with Gasteiger partial charge in [-0.25, -0.2) is 4.99 Å². The van der Waals surface area contributed by atoms with Crippen molar-refractivity contribution >= 4 is 11.6 Å².